The van der Waals surface area contributed by atoms with Crippen molar-refractivity contribution in [1.82, 2.24) is 20.1 Å². The zero-order valence-corrected chi connectivity index (χ0v) is 18.9. The molecule has 0 bridgehead atoms. The third-order valence-electron chi connectivity index (χ3n) is 7.25. The number of benzene rings is 3. The fraction of sp³-hybridized carbons (Fsp3) is 0.321. The Morgan fingerprint density at radius 3 is 2.12 bits per heavy atom. The lowest BCUT2D eigenvalue weighted by Crippen LogP contribution is -2.43. The molecule has 3 heterocycles. The van der Waals surface area contributed by atoms with Gasteiger partial charge in [0.05, 0.1) is 18.9 Å². The maximum Gasteiger partial charge on any atom is 0.198 e. The molecule has 4 aromatic rings. The van der Waals surface area contributed by atoms with Crippen molar-refractivity contribution >= 4 is 11.1 Å². The molecule has 0 saturated carbocycles. The monoisotopic (exact) mass is 438 g/mol. The number of rotatable bonds is 5. The maximum atomic E-state index is 6.05. The minimum Gasteiger partial charge on any atom is -0.440 e. The molecule has 0 amide bonds. The molecule has 0 radical (unpaired) electrons. The fourth-order valence-electron chi connectivity index (χ4n) is 5.46. The molecule has 5 nitrogen and oxygen atoms in total. The van der Waals surface area contributed by atoms with Crippen LogP contribution in [-0.2, 0) is 5.54 Å². The van der Waals surface area contributed by atoms with Crippen LogP contribution in [0.4, 0.5) is 0 Å². The van der Waals surface area contributed by atoms with Crippen molar-refractivity contribution < 1.29 is 4.42 Å². The SMILES string of the molecule is c1ccc(C2(c3ccccc3)CN(CN3CCC(c4nc5ccccc5o4)CC3)CN2)cc1. The van der Waals surface area contributed by atoms with E-state index in [1.165, 1.54) is 11.1 Å². The van der Waals surface area contributed by atoms with Crippen molar-refractivity contribution in [2.45, 2.75) is 24.3 Å². The van der Waals surface area contributed by atoms with Crippen LogP contribution in [0.1, 0.15) is 35.8 Å². The first kappa shape index (κ1) is 20.6. The van der Waals surface area contributed by atoms with Gasteiger partial charge in [0.15, 0.2) is 11.5 Å². The normalized spacial score (nSPS) is 19.9. The number of hydrogen-bond donors (Lipinski definition) is 1. The first-order valence-electron chi connectivity index (χ1n) is 12.0. The summed E-state index contributed by atoms with van der Waals surface area (Å²) in [6.45, 7) is 4.97. The van der Waals surface area contributed by atoms with Crippen LogP contribution in [0.25, 0.3) is 11.1 Å². The van der Waals surface area contributed by atoms with E-state index in [-0.39, 0.29) is 5.54 Å². The summed E-state index contributed by atoms with van der Waals surface area (Å²) in [5, 5.41) is 3.87. The number of fused-ring (bicyclic) bond motifs is 1. The molecule has 1 N–H and O–H groups in total. The number of oxazole rings is 1. The maximum absolute atomic E-state index is 6.05. The molecule has 1 aromatic heterocycles. The second kappa shape index (κ2) is 8.75. The smallest absolute Gasteiger partial charge is 0.198 e. The van der Waals surface area contributed by atoms with Gasteiger partial charge in [0, 0.05) is 25.6 Å². The van der Waals surface area contributed by atoms with Crippen molar-refractivity contribution in [3.8, 4) is 0 Å². The fourth-order valence-corrected chi connectivity index (χ4v) is 5.46. The lowest BCUT2D eigenvalue weighted by molar-refractivity contribution is 0.116. The van der Waals surface area contributed by atoms with E-state index in [2.05, 4.69) is 75.8 Å². The quantitative estimate of drug-likeness (QED) is 0.486. The van der Waals surface area contributed by atoms with Gasteiger partial charge in [-0.3, -0.25) is 15.1 Å². The van der Waals surface area contributed by atoms with Crippen LogP contribution in [0.2, 0.25) is 0 Å². The third kappa shape index (κ3) is 3.97. The summed E-state index contributed by atoms with van der Waals surface area (Å²) in [6, 6.07) is 29.8. The molecule has 2 aliphatic rings. The highest BCUT2D eigenvalue weighted by molar-refractivity contribution is 5.72. The predicted molar refractivity (Wildman–Crippen MR) is 131 cm³/mol. The van der Waals surface area contributed by atoms with Gasteiger partial charge in [-0.05, 0) is 36.1 Å². The number of likely N-dealkylation sites (tertiary alicyclic amines) is 1. The van der Waals surface area contributed by atoms with Crippen LogP contribution in [-0.4, -0.2) is 47.8 Å². The number of para-hydroxylation sites is 2. The van der Waals surface area contributed by atoms with Crippen LogP contribution in [0.3, 0.4) is 0 Å². The Bertz CT molecular complexity index is 1130. The summed E-state index contributed by atoms with van der Waals surface area (Å²) < 4.78 is 6.05. The number of nitrogens with zero attached hydrogens (tertiary/aromatic N) is 3. The molecule has 0 spiro atoms. The van der Waals surface area contributed by atoms with Gasteiger partial charge in [-0.1, -0.05) is 72.8 Å². The topological polar surface area (TPSA) is 44.5 Å². The molecule has 6 rings (SSSR count). The van der Waals surface area contributed by atoms with Crippen LogP contribution in [0.15, 0.2) is 89.3 Å². The van der Waals surface area contributed by atoms with Crippen molar-refractivity contribution in [3.63, 3.8) is 0 Å². The minimum absolute atomic E-state index is 0.168. The largest absolute Gasteiger partial charge is 0.440 e. The molecule has 2 fully saturated rings. The third-order valence-corrected chi connectivity index (χ3v) is 7.25. The second-order valence-electron chi connectivity index (χ2n) is 9.35. The van der Waals surface area contributed by atoms with E-state index in [4.69, 9.17) is 9.40 Å². The number of nitrogens with one attached hydrogen (secondary N) is 1. The van der Waals surface area contributed by atoms with Crippen LogP contribution < -0.4 is 5.32 Å². The lowest BCUT2D eigenvalue weighted by Gasteiger charge is -2.34. The van der Waals surface area contributed by atoms with E-state index in [1.807, 2.05) is 24.3 Å². The summed E-state index contributed by atoms with van der Waals surface area (Å²) in [6.07, 6.45) is 2.19. The Morgan fingerprint density at radius 2 is 1.45 bits per heavy atom. The van der Waals surface area contributed by atoms with E-state index in [0.29, 0.717) is 5.92 Å². The molecule has 0 aliphatic carbocycles. The molecular formula is C28H30N4O. The molecule has 2 aliphatic heterocycles. The molecule has 0 atom stereocenters. The van der Waals surface area contributed by atoms with Gasteiger partial charge in [0.2, 0.25) is 0 Å². The molecule has 5 heteroatoms. The van der Waals surface area contributed by atoms with Gasteiger partial charge in [-0.25, -0.2) is 4.98 Å². The Hall–Kier alpha value is -2.99. The second-order valence-corrected chi connectivity index (χ2v) is 9.35. The minimum atomic E-state index is -0.168. The van der Waals surface area contributed by atoms with Crippen molar-refractivity contribution in [1.29, 1.82) is 0 Å². The highest BCUT2D eigenvalue weighted by atomic mass is 16.3. The average molecular weight is 439 g/mol. The highest BCUT2D eigenvalue weighted by Crippen LogP contribution is 2.35. The summed E-state index contributed by atoms with van der Waals surface area (Å²) in [5.41, 5.74) is 4.35. The van der Waals surface area contributed by atoms with Crippen LogP contribution in [0.5, 0.6) is 0 Å². The van der Waals surface area contributed by atoms with Gasteiger partial charge >= 0.3 is 0 Å². The zero-order valence-electron chi connectivity index (χ0n) is 18.9. The summed E-state index contributed by atoms with van der Waals surface area (Å²) in [4.78, 5) is 9.86. The highest BCUT2D eigenvalue weighted by Gasteiger charge is 2.41. The lowest BCUT2D eigenvalue weighted by atomic mass is 9.83. The van der Waals surface area contributed by atoms with Crippen molar-refractivity contribution in [2.24, 2.45) is 0 Å². The van der Waals surface area contributed by atoms with Gasteiger partial charge in [0.1, 0.15) is 5.52 Å². The number of hydrogen-bond acceptors (Lipinski definition) is 5. The van der Waals surface area contributed by atoms with Crippen molar-refractivity contribution in [3.05, 3.63) is 102 Å². The number of piperidine rings is 1. The standard InChI is InChI=1S/C28H30N4O/c1-3-9-23(10-4-1)28(24-11-5-2-6-12-24)19-32(20-29-28)21-31-17-15-22(16-18-31)27-30-25-13-7-8-14-26(25)33-27/h1-14,22,29H,15-21H2. The van der Waals surface area contributed by atoms with Gasteiger partial charge in [0.25, 0.3) is 0 Å². The predicted octanol–water partition coefficient (Wildman–Crippen LogP) is 4.77. The summed E-state index contributed by atoms with van der Waals surface area (Å²) in [5.74, 6) is 1.32. The Morgan fingerprint density at radius 1 is 0.818 bits per heavy atom. The Kier molecular flexibility index (Phi) is 5.46. The first-order valence-corrected chi connectivity index (χ1v) is 12.0. The average Bonchev–Trinajstić information content (AvgIpc) is 3.51. The Balaban J connectivity index is 1.13. The summed E-state index contributed by atoms with van der Waals surface area (Å²) in [7, 11) is 0. The molecule has 0 unspecified atom stereocenters. The number of aromatic nitrogens is 1. The van der Waals surface area contributed by atoms with E-state index < -0.39 is 0 Å². The molecule has 2 saturated heterocycles. The zero-order chi connectivity index (χ0) is 22.1. The van der Waals surface area contributed by atoms with Crippen LogP contribution >= 0.6 is 0 Å². The Labute approximate surface area is 195 Å². The van der Waals surface area contributed by atoms with Crippen molar-refractivity contribution in [2.75, 3.05) is 33.0 Å². The van der Waals surface area contributed by atoms with E-state index in [1.54, 1.807) is 0 Å². The molecule has 33 heavy (non-hydrogen) atoms. The molecule has 3 aromatic carbocycles. The van der Waals surface area contributed by atoms with Crippen LogP contribution in [0, 0.1) is 0 Å². The van der Waals surface area contributed by atoms with Gasteiger partial charge in [-0.15, -0.1) is 0 Å². The van der Waals surface area contributed by atoms with Gasteiger partial charge < -0.3 is 4.42 Å². The summed E-state index contributed by atoms with van der Waals surface area (Å²) >= 11 is 0. The molecular weight excluding hydrogens is 408 g/mol. The first-order chi connectivity index (χ1) is 16.3. The molecule has 168 valence electrons. The van der Waals surface area contributed by atoms with E-state index >= 15 is 0 Å². The van der Waals surface area contributed by atoms with E-state index in [9.17, 15) is 0 Å². The van der Waals surface area contributed by atoms with E-state index in [0.717, 1.165) is 62.8 Å². The van der Waals surface area contributed by atoms with Gasteiger partial charge in [-0.2, -0.15) is 0 Å².